The van der Waals surface area contributed by atoms with Crippen LogP contribution in [-0.4, -0.2) is 16.1 Å². The molecule has 1 aromatic rings. The van der Waals surface area contributed by atoms with Gasteiger partial charge in [-0.15, -0.1) is 11.3 Å². The first-order chi connectivity index (χ1) is 5.22. The summed E-state index contributed by atoms with van der Waals surface area (Å²) in [5, 5.41) is 10.9. The zero-order valence-electron chi connectivity index (χ0n) is 5.65. The Morgan fingerprint density at radius 1 is 1.82 bits per heavy atom. The van der Waals surface area contributed by atoms with Crippen LogP contribution in [0.15, 0.2) is 5.38 Å². The summed E-state index contributed by atoms with van der Waals surface area (Å²) >= 11 is 5.37. The van der Waals surface area contributed by atoms with Crippen LogP contribution in [0, 0.1) is 0 Å². The molecule has 0 bridgehead atoms. The van der Waals surface area contributed by atoms with Crippen molar-refractivity contribution in [1.29, 1.82) is 0 Å². The van der Waals surface area contributed by atoms with Gasteiger partial charge in [0, 0.05) is 11.1 Å². The molecule has 0 unspecified atom stereocenters. The summed E-state index contributed by atoms with van der Waals surface area (Å²) < 4.78 is 0. The van der Waals surface area contributed by atoms with Crippen LogP contribution in [-0.2, 0) is 17.0 Å². The van der Waals surface area contributed by atoms with E-state index in [4.69, 9.17) is 5.11 Å². The van der Waals surface area contributed by atoms with Crippen molar-refractivity contribution in [3.8, 4) is 0 Å². The number of hydrogen-bond donors (Lipinski definition) is 2. The minimum Gasteiger partial charge on any atom is -0.481 e. The maximum Gasteiger partial charge on any atom is 0.310 e. The van der Waals surface area contributed by atoms with Crippen LogP contribution in [0.3, 0.4) is 0 Å². The van der Waals surface area contributed by atoms with Gasteiger partial charge in [-0.05, 0) is 0 Å². The maximum absolute atomic E-state index is 10.2. The Labute approximate surface area is 73.5 Å². The molecular weight excluding hydrogens is 182 g/mol. The maximum atomic E-state index is 10.2. The zero-order chi connectivity index (χ0) is 8.27. The molecule has 0 fully saturated rings. The highest BCUT2D eigenvalue weighted by atomic mass is 32.1. The van der Waals surface area contributed by atoms with Crippen molar-refractivity contribution in [2.45, 2.75) is 12.2 Å². The molecule has 0 radical (unpaired) electrons. The van der Waals surface area contributed by atoms with Gasteiger partial charge in [0.2, 0.25) is 0 Å². The van der Waals surface area contributed by atoms with Gasteiger partial charge < -0.3 is 5.11 Å². The highest BCUT2D eigenvalue weighted by Gasteiger charge is 2.04. The van der Waals surface area contributed by atoms with Gasteiger partial charge in [-0.1, -0.05) is 0 Å². The summed E-state index contributed by atoms with van der Waals surface area (Å²) in [4.78, 5) is 14.2. The van der Waals surface area contributed by atoms with Crippen molar-refractivity contribution in [2.24, 2.45) is 0 Å². The summed E-state index contributed by atoms with van der Waals surface area (Å²) in [6, 6.07) is 0. The van der Waals surface area contributed by atoms with E-state index >= 15 is 0 Å². The number of carbonyl (C=O) groups is 1. The molecule has 1 heterocycles. The quantitative estimate of drug-likeness (QED) is 0.702. The van der Waals surface area contributed by atoms with E-state index < -0.39 is 5.97 Å². The van der Waals surface area contributed by atoms with E-state index in [2.05, 4.69) is 17.6 Å². The number of carboxylic acid groups (broad SMARTS) is 1. The van der Waals surface area contributed by atoms with Gasteiger partial charge in [0.25, 0.3) is 0 Å². The molecular formula is C6H7NO2S2. The van der Waals surface area contributed by atoms with E-state index in [1.807, 2.05) is 5.38 Å². The number of carboxylic acids is 1. The number of thiol groups is 1. The minimum atomic E-state index is -0.843. The first kappa shape index (κ1) is 8.55. The first-order valence-electron chi connectivity index (χ1n) is 2.98. The van der Waals surface area contributed by atoms with Crippen molar-refractivity contribution >= 4 is 29.9 Å². The van der Waals surface area contributed by atoms with Crippen LogP contribution >= 0.6 is 24.0 Å². The van der Waals surface area contributed by atoms with Gasteiger partial charge >= 0.3 is 5.97 Å². The molecule has 0 aliphatic rings. The molecule has 1 N–H and O–H groups in total. The average molecular weight is 189 g/mol. The van der Waals surface area contributed by atoms with Crippen molar-refractivity contribution in [2.75, 3.05) is 0 Å². The van der Waals surface area contributed by atoms with Crippen LogP contribution in [0.1, 0.15) is 10.7 Å². The molecule has 0 saturated heterocycles. The third-order valence-electron chi connectivity index (χ3n) is 1.06. The monoisotopic (exact) mass is 189 g/mol. The lowest BCUT2D eigenvalue weighted by Crippen LogP contribution is -1.99. The second-order valence-electron chi connectivity index (χ2n) is 1.96. The predicted octanol–water partition coefficient (Wildman–Crippen LogP) is 1.20. The lowest BCUT2D eigenvalue weighted by atomic mass is 10.4. The minimum absolute atomic E-state index is 0.0123. The Kier molecular flexibility index (Phi) is 2.90. The van der Waals surface area contributed by atoms with Crippen LogP contribution in [0.2, 0.25) is 0 Å². The Balaban J connectivity index is 2.65. The highest BCUT2D eigenvalue weighted by molar-refractivity contribution is 7.79. The normalized spacial score (nSPS) is 9.91. The third kappa shape index (κ3) is 2.51. The molecule has 0 saturated carbocycles. The largest absolute Gasteiger partial charge is 0.481 e. The predicted molar refractivity (Wildman–Crippen MR) is 46.1 cm³/mol. The molecule has 5 heteroatoms. The fraction of sp³-hybridized carbons (Fsp3) is 0.333. The Hall–Kier alpha value is -0.550. The van der Waals surface area contributed by atoms with Gasteiger partial charge in [0.15, 0.2) is 0 Å². The molecule has 11 heavy (non-hydrogen) atoms. The van der Waals surface area contributed by atoms with Gasteiger partial charge in [-0.3, -0.25) is 4.79 Å². The van der Waals surface area contributed by atoms with Crippen molar-refractivity contribution in [1.82, 2.24) is 4.98 Å². The summed E-state index contributed by atoms with van der Waals surface area (Å²) in [5.41, 5.74) is 0.842. The lowest BCUT2D eigenvalue weighted by molar-refractivity contribution is -0.136. The molecule has 3 nitrogen and oxygen atoms in total. The Morgan fingerprint density at radius 3 is 3.00 bits per heavy atom. The third-order valence-corrected chi connectivity index (χ3v) is 2.29. The van der Waals surface area contributed by atoms with Crippen molar-refractivity contribution < 1.29 is 9.90 Å². The van der Waals surface area contributed by atoms with E-state index in [1.54, 1.807) is 0 Å². The van der Waals surface area contributed by atoms with E-state index in [0.717, 1.165) is 5.69 Å². The second kappa shape index (κ2) is 3.73. The SMILES string of the molecule is O=C(O)Cc1nc(CS)cs1. The fourth-order valence-corrected chi connectivity index (χ4v) is 1.70. The first-order valence-corrected chi connectivity index (χ1v) is 4.49. The Bertz CT molecular complexity index is 259. The molecule has 0 aromatic carbocycles. The number of rotatable bonds is 3. The number of aromatic nitrogens is 1. The Morgan fingerprint density at radius 2 is 2.55 bits per heavy atom. The average Bonchev–Trinajstić information content (AvgIpc) is 2.34. The zero-order valence-corrected chi connectivity index (χ0v) is 7.36. The van der Waals surface area contributed by atoms with Gasteiger partial charge in [0.1, 0.15) is 5.01 Å². The topological polar surface area (TPSA) is 50.2 Å². The van der Waals surface area contributed by atoms with Gasteiger partial charge in [0.05, 0.1) is 12.1 Å². The van der Waals surface area contributed by atoms with Crippen LogP contribution in [0.5, 0.6) is 0 Å². The molecule has 1 rings (SSSR count). The van der Waals surface area contributed by atoms with Crippen molar-refractivity contribution in [3.05, 3.63) is 16.1 Å². The summed E-state index contributed by atoms with van der Waals surface area (Å²) in [6.07, 6.45) is 0.0123. The summed E-state index contributed by atoms with van der Waals surface area (Å²) in [7, 11) is 0. The molecule has 0 amide bonds. The van der Waals surface area contributed by atoms with Crippen LogP contribution in [0.4, 0.5) is 0 Å². The van der Waals surface area contributed by atoms with E-state index in [9.17, 15) is 4.79 Å². The lowest BCUT2D eigenvalue weighted by Gasteiger charge is -1.86. The van der Waals surface area contributed by atoms with E-state index in [-0.39, 0.29) is 6.42 Å². The molecule has 1 aromatic heterocycles. The van der Waals surface area contributed by atoms with E-state index in [1.165, 1.54) is 11.3 Å². The second-order valence-corrected chi connectivity index (χ2v) is 3.22. The number of hydrogen-bond acceptors (Lipinski definition) is 4. The molecule has 0 atom stereocenters. The number of aliphatic carboxylic acids is 1. The highest BCUT2D eigenvalue weighted by Crippen LogP contribution is 2.11. The van der Waals surface area contributed by atoms with Gasteiger partial charge in [-0.2, -0.15) is 12.6 Å². The summed E-state index contributed by atoms with van der Waals surface area (Å²) in [5.74, 6) is -0.277. The molecule has 60 valence electrons. The molecule has 0 spiro atoms. The standard InChI is InChI=1S/C6H7NO2S2/c8-6(9)1-5-7-4(2-10)3-11-5/h3,10H,1-2H2,(H,8,9). The van der Waals surface area contributed by atoms with E-state index in [0.29, 0.717) is 10.8 Å². The fourth-order valence-electron chi connectivity index (χ4n) is 0.632. The molecule has 0 aliphatic heterocycles. The van der Waals surface area contributed by atoms with Crippen LogP contribution in [0.25, 0.3) is 0 Å². The molecule has 0 aliphatic carbocycles. The smallest absolute Gasteiger partial charge is 0.310 e. The van der Waals surface area contributed by atoms with Gasteiger partial charge in [-0.25, -0.2) is 4.98 Å². The summed E-state index contributed by atoms with van der Waals surface area (Å²) in [6.45, 7) is 0. The van der Waals surface area contributed by atoms with Crippen LogP contribution < -0.4 is 0 Å². The number of thiazole rings is 1. The van der Waals surface area contributed by atoms with Crippen molar-refractivity contribution in [3.63, 3.8) is 0 Å². The number of nitrogens with zero attached hydrogens (tertiary/aromatic N) is 1.